The largest absolute Gasteiger partial charge is 0.483 e. The first-order valence-corrected chi connectivity index (χ1v) is 8.93. The number of hydrogen-bond donors (Lipinski definition) is 1. The van der Waals surface area contributed by atoms with Crippen LogP contribution in [-0.2, 0) is 24.8 Å². The molecule has 0 saturated carbocycles. The van der Waals surface area contributed by atoms with Crippen molar-refractivity contribution < 1.29 is 14.7 Å². The Morgan fingerprint density at radius 3 is 2.59 bits per heavy atom. The summed E-state index contributed by atoms with van der Waals surface area (Å²) in [7, 11) is 1.87. The Labute approximate surface area is 167 Å². The van der Waals surface area contributed by atoms with Gasteiger partial charge in [0.2, 0.25) is 0 Å². The van der Waals surface area contributed by atoms with E-state index >= 15 is 0 Å². The summed E-state index contributed by atoms with van der Waals surface area (Å²) in [5.74, 6) is -0.0837. The van der Waals surface area contributed by atoms with Crippen molar-refractivity contribution in [1.82, 2.24) is 34.6 Å². The van der Waals surface area contributed by atoms with Crippen LogP contribution in [0, 0.1) is 13.8 Å². The normalized spacial score (nSPS) is 12.6. The number of carbonyl (C=O) groups excluding carboxylic acids is 1. The predicted octanol–water partition coefficient (Wildman–Crippen LogP) is 1.18. The van der Waals surface area contributed by atoms with E-state index in [9.17, 15) is 4.79 Å². The number of carboxylic acid groups (broad SMARTS) is 1. The SMILES string of the molecule is Cc1ncnc(C(=O)N2CCc3ncnc(-c4cnn(C)c4)c3C2)c1C.O=CO. The van der Waals surface area contributed by atoms with Gasteiger partial charge in [0.05, 0.1) is 17.6 Å². The molecule has 0 aromatic carbocycles. The van der Waals surface area contributed by atoms with Crippen LogP contribution >= 0.6 is 0 Å². The molecule has 0 atom stereocenters. The van der Waals surface area contributed by atoms with Crippen LogP contribution in [0.4, 0.5) is 0 Å². The second-order valence-corrected chi connectivity index (χ2v) is 6.57. The summed E-state index contributed by atoms with van der Waals surface area (Å²) in [6.45, 7) is 4.58. The van der Waals surface area contributed by atoms with E-state index < -0.39 is 0 Å². The van der Waals surface area contributed by atoms with Gasteiger partial charge in [-0.3, -0.25) is 14.3 Å². The van der Waals surface area contributed by atoms with E-state index in [4.69, 9.17) is 9.90 Å². The molecule has 3 aromatic rings. The summed E-state index contributed by atoms with van der Waals surface area (Å²) >= 11 is 0. The van der Waals surface area contributed by atoms with E-state index in [1.165, 1.54) is 6.33 Å². The highest BCUT2D eigenvalue weighted by atomic mass is 16.3. The Morgan fingerprint density at radius 2 is 1.90 bits per heavy atom. The van der Waals surface area contributed by atoms with E-state index in [2.05, 4.69) is 25.0 Å². The molecule has 10 nitrogen and oxygen atoms in total. The van der Waals surface area contributed by atoms with Crippen LogP contribution in [0.5, 0.6) is 0 Å². The zero-order valence-corrected chi connectivity index (χ0v) is 16.4. The molecule has 150 valence electrons. The maximum atomic E-state index is 13.0. The van der Waals surface area contributed by atoms with E-state index in [1.54, 1.807) is 22.1 Å². The van der Waals surface area contributed by atoms with Gasteiger partial charge in [-0.25, -0.2) is 19.9 Å². The van der Waals surface area contributed by atoms with Crippen LogP contribution in [0.2, 0.25) is 0 Å². The molecule has 1 aliphatic heterocycles. The second kappa shape index (κ2) is 8.55. The number of rotatable bonds is 2. The number of aryl methyl sites for hydroxylation is 2. The second-order valence-electron chi connectivity index (χ2n) is 6.57. The molecule has 4 heterocycles. The zero-order valence-electron chi connectivity index (χ0n) is 16.4. The summed E-state index contributed by atoms with van der Waals surface area (Å²) < 4.78 is 1.74. The van der Waals surface area contributed by atoms with Crippen molar-refractivity contribution >= 4 is 12.4 Å². The van der Waals surface area contributed by atoms with Gasteiger partial charge < -0.3 is 10.0 Å². The van der Waals surface area contributed by atoms with Crippen molar-refractivity contribution in [1.29, 1.82) is 0 Å². The lowest BCUT2D eigenvalue weighted by Crippen LogP contribution is -2.37. The van der Waals surface area contributed by atoms with Crippen molar-refractivity contribution in [2.24, 2.45) is 7.05 Å². The highest BCUT2D eigenvalue weighted by molar-refractivity contribution is 5.94. The Bertz CT molecular complexity index is 1050. The van der Waals surface area contributed by atoms with Crippen molar-refractivity contribution in [3.8, 4) is 11.3 Å². The first kappa shape index (κ1) is 20.1. The first-order chi connectivity index (χ1) is 14.0. The molecule has 0 aliphatic carbocycles. The molecular formula is C19H21N7O3. The summed E-state index contributed by atoms with van der Waals surface area (Å²) in [5, 5.41) is 11.1. The minimum Gasteiger partial charge on any atom is -0.483 e. The number of carbonyl (C=O) groups is 2. The molecule has 4 rings (SSSR count). The smallest absolute Gasteiger partial charge is 0.290 e. The summed E-state index contributed by atoms with van der Waals surface area (Å²) in [6, 6.07) is 0. The molecule has 1 amide bonds. The molecule has 1 aliphatic rings. The Balaban J connectivity index is 0.000000755. The fraction of sp³-hybridized carbons (Fsp3) is 0.316. The molecule has 29 heavy (non-hydrogen) atoms. The number of hydrogen-bond acceptors (Lipinski definition) is 7. The van der Waals surface area contributed by atoms with Gasteiger partial charge in [0.15, 0.2) is 0 Å². The van der Waals surface area contributed by atoms with Crippen LogP contribution in [0.3, 0.4) is 0 Å². The lowest BCUT2D eigenvalue weighted by atomic mass is 10.0. The van der Waals surface area contributed by atoms with Crippen LogP contribution < -0.4 is 0 Å². The maximum Gasteiger partial charge on any atom is 0.290 e. The van der Waals surface area contributed by atoms with E-state index in [-0.39, 0.29) is 12.4 Å². The minimum atomic E-state index is -0.250. The van der Waals surface area contributed by atoms with Crippen LogP contribution in [0.1, 0.15) is 33.0 Å². The molecule has 0 bridgehead atoms. The van der Waals surface area contributed by atoms with Crippen molar-refractivity contribution in [3.63, 3.8) is 0 Å². The monoisotopic (exact) mass is 395 g/mol. The van der Waals surface area contributed by atoms with Gasteiger partial charge in [0.1, 0.15) is 18.3 Å². The molecule has 0 radical (unpaired) electrons. The fourth-order valence-electron chi connectivity index (χ4n) is 3.21. The van der Waals surface area contributed by atoms with Crippen molar-refractivity contribution in [2.45, 2.75) is 26.8 Å². The average molecular weight is 395 g/mol. The maximum absolute atomic E-state index is 13.0. The third kappa shape index (κ3) is 4.10. The number of fused-ring (bicyclic) bond motifs is 1. The van der Waals surface area contributed by atoms with Crippen LogP contribution in [-0.4, -0.2) is 58.6 Å². The molecule has 0 spiro atoms. The Morgan fingerprint density at radius 1 is 1.17 bits per heavy atom. The molecular weight excluding hydrogens is 374 g/mol. The third-order valence-corrected chi connectivity index (χ3v) is 4.81. The molecule has 0 fully saturated rings. The van der Waals surface area contributed by atoms with E-state index in [0.717, 1.165) is 33.8 Å². The highest BCUT2D eigenvalue weighted by Crippen LogP contribution is 2.28. The first-order valence-electron chi connectivity index (χ1n) is 8.93. The van der Waals surface area contributed by atoms with E-state index in [0.29, 0.717) is 25.2 Å². The third-order valence-electron chi connectivity index (χ3n) is 4.81. The van der Waals surface area contributed by atoms with Gasteiger partial charge in [-0.05, 0) is 13.8 Å². The highest BCUT2D eigenvalue weighted by Gasteiger charge is 2.27. The topological polar surface area (TPSA) is 127 Å². The summed E-state index contributed by atoms with van der Waals surface area (Å²) in [5.41, 5.74) is 5.81. The average Bonchev–Trinajstić information content (AvgIpc) is 3.15. The Hall–Kier alpha value is -3.69. The number of amides is 1. The van der Waals surface area contributed by atoms with Gasteiger partial charge in [0.25, 0.3) is 12.4 Å². The lowest BCUT2D eigenvalue weighted by Gasteiger charge is -2.29. The molecule has 0 saturated heterocycles. The van der Waals surface area contributed by atoms with Gasteiger partial charge >= 0.3 is 0 Å². The standard InChI is InChI=1S/C18H19N7O.CH2O2/c1-11-12(2)19-9-21-16(11)18(26)25-5-4-15-14(8-25)17(22-10-20-15)13-6-23-24(3)7-13;2-1-3/h6-7,9-10H,4-5,8H2,1-3H3;1H,(H,2,3). The minimum absolute atomic E-state index is 0.0837. The summed E-state index contributed by atoms with van der Waals surface area (Å²) in [6.07, 6.45) is 7.41. The molecule has 0 unspecified atom stereocenters. The van der Waals surface area contributed by atoms with Crippen molar-refractivity contribution in [3.05, 3.63) is 53.3 Å². The van der Waals surface area contributed by atoms with Gasteiger partial charge in [-0.1, -0.05) is 0 Å². The molecule has 1 N–H and O–H groups in total. The van der Waals surface area contributed by atoms with Crippen molar-refractivity contribution in [2.75, 3.05) is 6.54 Å². The van der Waals surface area contributed by atoms with Crippen LogP contribution in [0.25, 0.3) is 11.3 Å². The van der Waals surface area contributed by atoms with Gasteiger partial charge in [-0.2, -0.15) is 5.10 Å². The quantitative estimate of drug-likeness (QED) is 0.641. The number of nitrogens with zero attached hydrogens (tertiary/aromatic N) is 7. The zero-order chi connectivity index (χ0) is 21.0. The van der Waals surface area contributed by atoms with Gasteiger partial charge in [-0.15, -0.1) is 0 Å². The molecule has 3 aromatic heterocycles. The summed E-state index contributed by atoms with van der Waals surface area (Å²) in [4.78, 5) is 40.4. The fourth-order valence-corrected chi connectivity index (χ4v) is 3.21. The number of aromatic nitrogens is 6. The van der Waals surface area contributed by atoms with Gasteiger partial charge in [0, 0.05) is 55.1 Å². The van der Waals surface area contributed by atoms with Crippen LogP contribution in [0.15, 0.2) is 25.0 Å². The van der Waals surface area contributed by atoms with E-state index in [1.807, 2.05) is 27.1 Å². The lowest BCUT2D eigenvalue weighted by molar-refractivity contribution is -0.122. The Kier molecular flexibility index (Phi) is 5.91. The predicted molar refractivity (Wildman–Crippen MR) is 103 cm³/mol. The molecule has 10 heteroatoms.